The number of allylic oxidation sites excluding steroid dienone is 2. The third kappa shape index (κ3) is 1.19. The van der Waals surface area contributed by atoms with Gasteiger partial charge in [0.2, 0.25) is 0 Å². The Bertz CT molecular complexity index is 418. The lowest BCUT2D eigenvalue weighted by Gasteiger charge is -2.31. The molecule has 0 spiro atoms. The zero-order chi connectivity index (χ0) is 10.3. The summed E-state index contributed by atoms with van der Waals surface area (Å²) >= 11 is 0. The number of fused-ring (bicyclic) bond motifs is 2. The maximum atomic E-state index is 12.1. The van der Waals surface area contributed by atoms with Gasteiger partial charge in [-0.2, -0.15) is 0 Å². The maximum absolute atomic E-state index is 12.1. The smallest absolute Gasteiger partial charge is 0.147 e. The van der Waals surface area contributed by atoms with Crippen molar-refractivity contribution in [3.63, 3.8) is 0 Å². The summed E-state index contributed by atoms with van der Waals surface area (Å²) in [6.45, 7) is 0. The van der Waals surface area contributed by atoms with Crippen LogP contribution in [0.25, 0.3) is 0 Å². The average molecular weight is 198 g/mol. The van der Waals surface area contributed by atoms with Crippen molar-refractivity contribution in [1.29, 1.82) is 0 Å². The Balaban J connectivity index is 2.10. The van der Waals surface area contributed by atoms with Gasteiger partial charge in [-0.3, -0.25) is 4.79 Å². The monoisotopic (exact) mass is 198 g/mol. The molecule has 2 atom stereocenters. The van der Waals surface area contributed by atoms with Crippen molar-refractivity contribution in [2.75, 3.05) is 0 Å². The van der Waals surface area contributed by atoms with Crippen molar-refractivity contribution < 1.29 is 4.79 Å². The molecule has 0 heterocycles. The fraction of sp³-hybridized carbons (Fsp3) is 0.357. The van der Waals surface area contributed by atoms with Crippen LogP contribution in [0.2, 0.25) is 0 Å². The van der Waals surface area contributed by atoms with Crippen LogP contribution in [0.5, 0.6) is 0 Å². The van der Waals surface area contributed by atoms with Crippen LogP contribution in [-0.2, 0) is 10.2 Å². The number of carbonyl (C=O) groups is 1. The van der Waals surface area contributed by atoms with Gasteiger partial charge in [0, 0.05) is 6.42 Å². The van der Waals surface area contributed by atoms with Gasteiger partial charge in [-0.1, -0.05) is 42.5 Å². The predicted octanol–water partition coefficient (Wildman–Crippen LogP) is 2.86. The molecular formula is C14H14O. The quantitative estimate of drug-likeness (QED) is 0.634. The van der Waals surface area contributed by atoms with E-state index in [1.54, 1.807) is 0 Å². The standard InChI is InChI=1S/C14H14O/c15-13-7-6-11-8-9-14(13,10-11)12-4-2-1-3-5-12/h1-5,8-9,11H,6-7,10H2/t11-,14+/m1/s1. The molecule has 0 N–H and O–H groups in total. The minimum atomic E-state index is -0.274. The summed E-state index contributed by atoms with van der Waals surface area (Å²) in [6.07, 6.45) is 7.16. The van der Waals surface area contributed by atoms with E-state index in [1.807, 2.05) is 18.2 Å². The molecule has 0 radical (unpaired) electrons. The predicted molar refractivity (Wildman–Crippen MR) is 59.6 cm³/mol. The molecule has 2 aliphatic carbocycles. The van der Waals surface area contributed by atoms with Crippen LogP contribution in [0.4, 0.5) is 0 Å². The highest BCUT2D eigenvalue weighted by Crippen LogP contribution is 2.45. The Hall–Kier alpha value is -1.37. The van der Waals surface area contributed by atoms with E-state index < -0.39 is 0 Å². The van der Waals surface area contributed by atoms with Gasteiger partial charge in [0.05, 0.1) is 5.41 Å². The van der Waals surface area contributed by atoms with Gasteiger partial charge in [0.1, 0.15) is 5.78 Å². The molecule has 1 saturated carbocycles. The molecule has 1 aromatic carbocycles. The second-order valence-electron chi connectivity index (χ2n) is 4.62. The largest absolute Gasteiger partial charge is 0.298 e. The highest BCUT2D eigenvalue weighted by Gasteiger charge is 2.45. The molecule has 0 aromatic heterocycles. The summed E-state index contributed by atoms with van der Waals surface area (Å²) in [6, 6.07) is 10.2. The normalized spacial score (nSPS) is 33.3. The van der Waals surface area contributed by atoms with Crippen LogP contribution in [0.1, 0.15) is 24.8 Å². The molecule has 15 heavy (non-hydrogen) atoms. The molecule has 1 nitrogen and oxygen atoms in total. The van der Waals surface area contributed by atoms with Gasteiger partial charge in [0.15, 0.2) is 0 Å². The van der Waals surface area contributed by atoms with E-state index in [-0.39, 0.29) is 5.41 Å². The van der Waals surface area contributed by atoms with Gasteiger partial charge in [-0.15, -0.1) is 0 Å². The van der Waals surface area contributed by atoms with Crippen LogP contribution in [-0.4, -0.2) is 5.78 Å². The molecular weight excluding hydrogens is 184 g/mol. The van der Waals surface area contributed by atoms with Crippen LogP contribution < -0.4 is 0 Å². The van der Waals surface area contributed by atoms with Crippen LogP contribution in [0, 0.1) is 5.92 Å². The van der Waals surface area contributed by atoms with E-state index in [0.717, 1.165) is 19.3 Å². The van der Waals surface area contributed by atoms with Crippen LogP contribution in [0.3, 0.4) is 0 Å². The van der Waals surface area contributed by atoms with E-state index in [1.165, 1.54) is 5.56 Å². The summed E-state index contributed by atoms with van der Waals surface area (Å²) < 4.78 is 0. The van der Waals surface area contributed by atoms with E-state index in [4.69, 9.17) is 0 Å². The molecule has 76 valence electrons. The average Bonchev–Trinajstić information content (AvgIpc) is 2.66. The number of carbonyl (C=O) groups excluding carboxylic acids is 1. The number of benzene rings is 1. The lowest BCUT2D eigenvalue weighted by Crippen LogP contribution is -2.36. The van der Waals surface area contributed by atoms with Crippen molar-refractivity contribution >= 4 is 5.78 Å². The first kappa shape index (κ1) is 8.90. The minimum Gasteiger partial charge on any atom is -0.298 e. The first-order chi connectivity index (χ1) is 7.31. The first-order valence-electron chi connectivity index (χ1n) is 5.59. The molecule has 1 fully saturated rings. The topological polar surface area (TPSA) is 17.1 Å². The Morgan fingerprint density at radius 1 is 1.20 bits per heavy atom. The van der Waals surface area contributed by atoms with E-state index in [0.29, 0.717) is 11.7 Å². The molecule has 3 rings (SSSR count). The zero-order valence-electron chi connectivity index (χ0n) is 8.65. The van der Waals surface area contributed by atoms with Gasteiger partial charge in [-0.05, 0) is 24.3 Å². The minimum absolute atomic E-state index is 0.274. The zero-order valence-corrected chi connectivity index (χ0v) is 8.65. The molecule has 2 bridgehead atoms. The SMILES string of the molecule is O=C1CC[C@@H]2C=C[C@@]1(c1ccccc1)C2. The molecule has 2 aliphatic rings. The molecule has 0 saturated heterocycles. The molecule has 1 aromatic rings. The third-order valence-corrected chi connectivity index (χ3v) is 3.77. The number of Topliss-reactive ketones (excluding diaryl/α,β-unsaturated/α-hetero) is 1. The van der Waals surface area contributed by atoms with E-state index >= 15 is 0 Å². The summed E-state index contributed by atoms with van der Waals surface area (Å²) in [5, 5.41) is 0. The van der Waals surface area contributed by atoms with Crippen molar-refractivity contribution in [3.05, 3.63) is 48.0 Å². The number of rotatable bonds is 1. The Kier molecular flexibility index (Phi) is 1.82. The fourth-order valence-corrected chi connectivity index (χ4v) is 2.91. The van der Waals surface area contributed by atoms with Crippen LogP contribution >= 0.6 is 0 Å². The summed E-state index contributed by atoms with van der Waals surface area (Å²) in [4.78, 5) is 12.1. The fourth-order valence-electron chi connectivity index (χ4n) is 2.91. The Labute approximate surface area is 89.8 Å². The number of hydrogen-bond donors (Lipinski definition) is 0. The molecule has 0 aliphatic heterocycles. The highest BCUT2D eigenvalue weighted by atomic mass is 16.1. The number of hydrogen-bond acceptors (Lipinski definition) is 1. The van der Waals surface area contributed by atoms with E-state index in [9.17, 15) is 4.79 Å². The Morgan fingerprint density at radius 2 is 2.00 bits per heavy atom. The lowest BCUT2D eigenvalue weighted by molar-refractivity contribution is -0.124. The van der Waals surface area contributed by atoms with Crippen molar-refractivity contribution in [1.82, 2.24) is 0 Å². The Morgan fingerprint density at radius 3 is 2.80 bits per heavy atom. The van der Waals surface area contributed by atoms with Crippen molar-refractivity contribution in [3.8, 4) is 0 Å². The summed E-state index contributed by atoms with van der Waals surface area (Å²) in [5.74, 6) is 1.03. The summed E-state index contributed by atoms with van der Waals surface area (Å²) in [5.41, 5.74) is 0.901. The second-order valence-corrected chi connectivity index (χ2v) is 4.62. The lowest BCUT2D eigenvalue weighted by atomic mass is 9.70. The molecule has 0 amide bonds. The van der Waals surface area contributed by atoms with Crippen molar-refractivity contribution in [2.24, 2.45) is 5.92 Å². The van der Waals surface area contributed by atoms with Gasteiger partial charge in [0.25, 0.3) is 0 Å². The molecule has 0 unspecified atom stereocenters. The number of ketones is 1. The van der Waals surface area contributed by atoms with Gasteiger partial charge in [-0.25, -0.2) is 0 Å². The summed E-state index contributed by atoms with van der Waals surface area (Å²) in [7, 11) is 0. The molecule has 1 heteroatoms. The third-order valence-electron chi connectivity index (χ3n) is 3.77. The highest BCUT2D eigenvalue weighted by molar-refractivity contribution is 5.94. The van der Waals surface area contributed by atoms with Crippen LogP contribution in [0.15, 0.2) is 42.5 Å². The van der Waals surface area contributed by atoms with Crippen molar-refractivity contribution in [2.45, 2.75) is 24.7 Å². The first-order valence-corrected chi connectivity index (χ1v) is 5.59. The second kappa shape index (κ2) is 3.06. The van der Waals surface area contributed by atoms with Gasteiger partial charge >= 0.3 is 0 Å². The van der Waals surface area contributed by atoms with Gasteiger partial charge < -0.3 is 0 Å². The maximum Gasteiger partial charge on any atom is 0.147 e. The van der Waals surface area contributed by atoms with E-state index in [2.05, 4.69) is 24.3 Å².